The molecule has 2 amide bonds. The van der Waals surface area contributed by atoms with E-state index in [9.17, 15) is 9.59 Å². The summed E-state index contributed by atoms with van der Waals surface area (Å²) in [6, 6.07) is 4.67. The number of alkyl carbamates (subject to hydrolysis) is 1. The molecule has 0 saturated heterocycles. The largest absolute Gasteiger partial charge is 0.444 e. The summed E-state index contributed by atoms with van der Waals surface area (Å²) < 4.78 is 5.17. The van der Waals surface area contributed by atoms with Crippen molar-refractivity contribution < 1.29 is 14.3 Å². The maximum atomic E-state index is 12.2. The molecule has 6 nitrogen and oxygen atoms in total. The molecule has 4 N–H and O–H groups in total. The molecule has 0 aliphatic carbocycles. The Morgan fingerprint density at radius 1 is 1.48 bits per heavy atom. The van der Waals surface area contributed by atoms with Crippen molar-refractivity contribution in [2.45, 2.75) is 37.3 Å². The van der Waals surface area contributed by atoms with Crippen LogP contribution in [0, 0.1) is 0 Å². The molecule has 0 saturated carbocycles. The number of nitrogens with two attached hydrogens (primary N) is 1. The molecule has 0 unspecified atom stereocenters. The van der Waals surface area contributed by atoms with E-state index < -0.39 is 17.7 Å². The van der Waals surface area contributed by atoms with Gasteiger partial charge in [0, 0.05) is 11.4 Å². The first-order chi connectivity index (χ1) is 9.76. The zero-order valence-electron chi connectivity index (χ0n) is 12.2. The minimum Gasteiger partial charge on any atom is -0.444 e. The lowest BCUT2D eigenvalue weighted by molar-refractivity contribution is -0.117. The van der Waals surface area contributed by atoms with Crippen molar-refractivity contribution in [1.82, 2.24) is 5.32 Å². The van der Waals surface area contributed by atoms with E-state index in [-0.39, 0.29) is 5.91 Å². The Balaban J connectivity index is 2.07. The summed E-state index contributed by atoms with van der Waals surface area (Å²) in [6.45, 7) is 5.31. The number of nitrogens with one attached hydrogen (secondary N) is 2. The summed E-state index contributed by atoms with van der Waals surface area (Å²) in [5, 5.41) is 5.36. The van der Waals surface area contributed by atoms with Gasteiger partial charge >= 0.3 is 6.09 Å². The van der Waals surface area contributed by atoms with E-state index in [1.165, 1.54) is 11.8 Å². The van der Waals surface area contributed by atoms with Crippen molar-refractivity contribution in [3.63, 3.8) is 0 Å². The van der Waals surface area contributed by atoms with Crippen LogP contribution in [0.2, 0.25) is 0 Å². The maximum absolute atomic E-state index is 12.2. The molecule has 7 heteroatoms. The third-order valence-electron chi connectivity index (χ3n) is 2.71. The first-order valence-corrected chi connectivity index (χ1v) is 7.56. The number of nitrogen functional groups attached to an aromatic ring is 1. The lowest BCUT2D eigenvalue weighted by Crippen LogP contribution is -2.46. The zero-order chi connectivity index (χ0) is 15.6. The molecule has 0 bridgehead atoms. The van der Waals surface area contributed by atoms with E-state index in [0.29, 0.717) is 17.1 Å². The molecule has 2 rings (SSSR count). The number of hydrogen-bond donors (Lipinski definition) is 3. The van der Waals surface area contributed by atoms with Crippen LogP contribution in [0.15, 0.2) is 23.1 Å². The molecule has 21 heavy (non-hydrogen) atoms. The van der Waals surface area contributed by atoms with Crippen LogP contribution in [-0.2, 0) is 9.53 Å². The highest BCUT2D eigenvalue weighted by Crippen LogP contribution is 2.35. The van der Waals surface area contributed by atoms with Gasteiger partial charge in [0.15, 0.2) is 0 Å². The number of carbonyl (C=O) groups excluding carboxylic acids is 2. The number of carbonyl (C=O) groups is 2. The third kappa shape index (κ3) is 4.04. The lowest BCUT2D eigenvalue weighted by atomic mass is 10.2. The first kappa shape index (κ1) is 15.5. The zero-order valence-corrected chi connectivity index (χ0v) is 13.0. The minimum atomic E-state index is -0.670. The summed E-state index contributed by atoms with van der Waals surface area (Å²) in [6.07, 6.45) is -0.609. The van der Waals surface area contributed by atoms with Gasteiger partial charge in [-0.2, -0.15) is 0 Å². The Morgan fingerprint density at radius 3 is 2.86 bits per heavy atom. The molecule has 114 valence electrons. The number of thioether (sulfide) groups is 1. The lowest BCUT2D eigenvalue weighted by Gasteiger charge is -2.22. The highest BCUT2D eigenvalue weighted by molar-refractivity contribution is 7.99. The second-order valence-corrected chi connectivity index (χ2v) is 6.75. The van der Waals surface area contributed by atoms with Crippen LogP contribution < -0.4 is 16.4 Å². The second kappa shape index (κ2) is 5.85. The standard InChI is InChI=1S/C14H19N3O3S/c1-14(2,3)20-13(19)17-10-7-21-11-8(15)5-4-6-9(11)16-12(10)18/h4-6,10H,7,15H2,1-3H3,(H,16,18)(H,17,19)/t10-/m0/s1. The second-order valence-electron chi connectivity index (χ2n) is 5.72. The quantitative estimate of drug-likeness (QED) is 0.692. The molecule has 0 radical (unpaired) electrons. The van der Waals surface area contributed by atoms with Crippen molar-refractivity contribution in [1.29, 1.82) is 0 Å². The molecule has 1 aliphatic heterocycles. The third-order valence-corrected chi connectivity index (χ3v) is 3.95. The van der Waals surface area contributed by atoms with Crippen molar-refractivity contribution in [3.8, 4) is 0 Å². The number of benzene rings is 1. The molecular formula is C14H19N3O3S. The normalized spacial score (nSPS) is 18.2. The van der Waals surface area contributed by atoms with Gasteiger partial charge in [-0.25, -0.2) is 4.79 Å². The summed E-state index contributed by atoms with van der Waals surface area (Å²) in [7, 11) is 0. The van der Waals surface area contributed by atoms with Crippen LogP contribution in [0.4, 0.5) is 16.2 Å². The van der Waals surface area contributed by atoms with Crippen molar-refractivity contribution in [2.24, 2.45) is 0 Å². The fourth-order valence-corrected chi connectivity index (χ4v) is 2.91. The number of hydrogen-bond acceptors (Lipinski definition) is 5. The molecule has 1 aromatic rings. The van der Waals surface area contributed by atoms with Crippen LogP contribution in [0.25, 0.3) is 0 Å². The molecule has 1 aromatic carbocycles. The molecular weight excluding hydrogens is 290 g/mol. The maximum Gasteiger partial charge on any atom is 0.408 e. The monoisotopic (exact) mass is 309 g/mol. The van der Waals surface area contributed by atoms with Gasteiger partial charge in [0.05, 0.1) is 10.6 Å². The number of anilines is 2. The fourth-order valence-electron chi connectivity index (χ4n) is 1.83. The van der Waals surface area contributed by atoms with E-state index in [2.05, 4.69) is 10.6 Å². The predicted molar refractivity (Wildman–Crippen MR) is 83.4 cm³/mol. The van der Waals surface area contributed by atoms with Gasteiger partial charge < -0.3 is 21.1 Å². The van der Waals surface area contributed by atoms with Gasteiger partial charge in [0.25, 0.3) is 0 Å². The SMILES string of the molecule is CC(C)(C)OC(=O)N[C@H]1CSc2c(N)cccc2NC1=O. The van der Waals surface area contributed by atoms with Crippen LogP contribution in [-0.4, -0.2) is 29.4 Å². The Hall–Kier alpha value is -1.89. The highest BCUT2D eigenvalue weighted by Gasteiger charge is 2.28. The van der Waals surface area contributed by atoms with Crippen molar-refractivity contribution >= 4 is 35.1 Å². The Bertz CT molecular complexity index is 569. The number of ether oxygens (including phenoxy) is 1. The molecule has 0 aromatic heterocycles. The molecule has 1 aliphatic rings. The topological polar surface area (TPSA) is 93.4 Å². The minimum absolute atomic E-state index is 0.280. The van der Waals surface area contributed by atoms with Crippen LogP contribution in [0.1, 0.15) is 20.8 Å². The Morgan fingerprint density at radius 2 is 2.19 bits per heavy atom. The van der Waals surface area contributed by atoms with Gasteiger partial charge in [-0.3, -0.25) is 4.79 Å². The van der Waals surface area contributed by atoms with Gasteiger partial charge in [-0.05, 0) is 32.9 Å². The molecule has 1 heterocycles. The smallest absolute Gasteiger partial charge is 0.408 e. The molecule has 1 atom stereocenters. The van der Waals surface area contributed by atoms with Gasteiger partial charge in [0.2, 0.25) is 5.91 Å². The average molecular weight is 309 g/mol. The van der Waals surface area contributed by atoms with Gasteiger partial charge in [0.1, 0.15) is 11.6 Å². The van der Waals surface area contributed by atoms with Crippen LogP contribution in [0.5, 0.6) is 0 Å². The number of amides is 2. The van der Waals surface area contributed by atoms with E-state index in [1.807, 2.05) is 0 Å². The van der Waals surface area contributed by atoms with E-state index in [1.54, 1.807) is 39.0 Å². The van der Waals surface area contributed by atoms with Crippen LogP contribution >= 0.6 is 11.8 Å². The highest BCUT2D eigenvalue weighted by atomic mass is 32.2. The summed E-state index contributed by atoms with van der Waals surface area (Å²) in [5.74, 6) is 0.115. The molecule has 0 fully saturated rings. The number of rotatable bonds is 1. The summed E-state index contributed by atoms with van der Waals surface area (Å²) in [4.78, 5) is 24.7. The van der Waals surface area contributed by atoms with Crippen molar-refractivity contribution in [3.05, 3.63) is 18.2 Å². The van der Waals surface area contributed by atoms with E-state index in [0.717, 1.165) is 4.90 Å². The molecule has 0 spiro atoms. The Kier molecular flexibility index (Phi) is 4.32. The van der Waals surface area contributed by atoms with Gasteiger partial charge in [-0.15, -0.1) is 11.8 Å². The predicted octanol–water partition coefficient (Wildman–Crippen LogP) is 2.21. The summed E-state index contributed by atoms with van der Waals surface area (Å²) >= 11 is 1.43. The van der Waals surface area contributed by atoms with Crippen LogP contribution in [0.3, 0.4) is 0 Å². The van der Waals surface area contributed by atoms with E-state index in [4.69, 9.17) is 10.5 Å². The van der Waals surface area contributed by atoms with Gasteiger partial charge in [-0.1, -0.05) is 6.07 Å². The first-order valence-electron chi connectivity index (χ1n) is 6.58. The average Bonchev–Trinajstić information content (AvgIpc) is 2.48. The summed E-state index contributed by atoms with van der Waals surface area (Å²) in [5.41, 5.74) is 6.57. The fraction of sp³-hybridized carbons (Fsp3) is 0.429. The number of fused-ring (bicyclic) bond motifs is 1. The van der Waals surface area contributed by atoms with Crippen molar-refractivity contribution in [2.75, 3.05) is 16.8 Å². The van der Waals surface area contributed by atoms with E-state index >= 15 is 0 Å². The Labute approximate surface area is 127 Å².